The van der Waals surface area contributed by atoms with Gasteiger partial charge in [-0.1, -0.05) is 12.1 Å². The number of halogens is 4. The lowest BCUT2D eigenvalue weighted by Crippen LogP contribution is -2.09. The first-order valence-corrected chi connectivity index (χ1v) is 8.17. The van der Waals surface area contributed by atoms with Gasteiger partial charge < -0.3 is 10.6 Å². The number of aromatic nitrogens is 2. The van der Waals surface area contributed by atoms with Crippen molar-refractivity contribution in [3.63, 3.8) is 0 Å². The van der Waals surface area contributed by atoms with E-state index >= 15 is 0 Å². The molecule has 3 aromatic rings. The van der Waals surface area contributed by atoms with E-state index in [1.807, 2.05) is 0 Å². The molecule has 140 valence electrons. The second-order valence-corrected chi connectivity index (χ2v) is 5.87. The minimum atomic E-state index is -1.56. The summed E-state index contributed by atoms with van der Waals surface area (Å²) in [5, 5.41) is 5.65. The van der Waals surface area contributed by atoms with Gasteiger partial charge in [-0.25, -0.2) is 22.5 Å². The summed E-state index contributed by atoms with van der Waals surface area (Å²) >= 11 is 0. The van der Waals surface area contributed by atoms with Crippen LogP contribution in [0.25, 0.3) is 0 Å². The highest BCUT2D eigenvalue weighted by Gasteiger charge is 2.14. The lowest BCUT2D eigenvalue weighted by Gasteiger charge is -2.11. The molecule has 0 aliphatic rings. The average molecular weight is 376 g/mol. The van der Waals surface area contributed by atoms with E-state index in [0.717, 1.165) is 17.7 Å². The fourth-order valence-electron chi connectivity index (χ4n) is 2.44. The Labute approximate surface area is 153 Å². The zero-order chi connectivity index (χ0) is 19.4. The standard InChI is InChI=1S/C19H16F4N4/c1-11-10-16(24-9-8-12-2-4-13(20)5-3-12)27-19(25-11)26-15-7-6-14(21)17(22)18(15)23/h2-7,10H,8-9H2,1H3,(H2,24,25,26,27). The summed E-state index contributed by atoms with van der Waals surface area (Å²) in [6.07, 6.45) is 0.643. The smallest absolute Gasteiger partial charge is 0.229 e. The Balaban J connectivity index is 1.69. The van der Waals surface area contributed by atoms with Crippen LogP contribution in [0, 0.1) is 30.2 Å². The van der Waals surface area contributed by atoms with Crippen molar-refractivity contribution in [3.8, 4) is 0 Å². The van der Waals surface area contributed by atoms with Gasteiger partial charge >= 0.3 is 0 Å². The number of hydrogen-bond donors (Lipinski definition) is 2. The predicted octanol–water partition coefficient (Wildman–Crippen LogP) is 4.74. The van der Waals surface area contributed by atoms with Gasteiger partial charge in [0.15, 0.2) is 17.5 Å². The molecule has 8 heteroatoms. The SMILES string of the molecule is Cc1cc(NCCc2ccc(F)cc2)nc(Nc2ccc(F)c(F)c2F)n1. The van der Waals surface area contributed by atoms with Gasteiger partial charge in [0.25, 0.3) is 0 Å². The van der Waals surface area contributed by atoms with Crippen LogP contribution in [0.1, 0.15) is 11.3 Å². The molecule has 0 saturated carbocycles. The average Bonchev–Trinajstić information content (AvgIpc) is 2.63. The molecule has 2 aromatic carbocycles. The molecule has 0 saturated heterocycles. The van der Waals surface area contributed by atoms with Crippen molar-refractivity contribution < 1.29 is 17.6 Å². The molecule has 0 spiro atoms. The van der Waals surface area contributed by atoms with Crippen LogP contribution in [-0.4, -0.2) is 16.5 Å². The summed E-state index contributed by atoms with van der Waals surface area (Å²) in [5.74, 6) is -3.94. The van der Waals surface area contributed by atoms with E-state index in [9.17, 15) is 17.6 Å². The lowest BCUT2D eigenvalue weighted by atomic mass is 10.1. The second kappa shape index (κ2) is 8.03. The molecule has 3 rings (SSSR count). The van der Waals surface area contributed by atoms with E-state index in [0.29, 0.717) is 24.5 Å². The molecule has 27 heavy (non-hydrogen) atoms. The van der Waals surface area contributed by atoms with Crippen molar-refractivity contribution in [1.29, 1.82) is 0 Å². The molecule has 1 heterocycles. The molecule has 4 nitrogen and oxygen atoms in total. The highest BCUT2D eigenvalue weighted by Crippen LogP contribution is 2.22. The van der Waals surface area contributed by atoms with Gasteiger partial charge in [0.1, 0.15) is 11.6 Å². The maximum absolute atomic E-state index is 13.8. The Morgan fingerprint density at radius 2 is 1.63 bits per heavy atom. The number of anilines is 3. The van der Waals surface area contributed by atoms with Gasteiger partial charge in [-0.2, -0.15) is 4.98 Å². The first kappa shape index (κ1) is 18.6. The van der Waals surface area contributed by atoms with Crippen molar-refractivity contribution in [2.75, 3.05) is 17.2 Å². The fraction of sp³-hybridized carbons (Fsp3) is 0.158. The fourth-order valence-corrected chi connectivity index (χ4v) is 2.44. The quantitative estimate of drug-likeness (QED) is 0.482. The zero-order valence-corrected chi connectivity index (χ0v) is 14.4. The van der Waals surface area contributed by atoms with Crippen LogP contribution in [0.3, 0.4) is 0 Å². The summed E-state index contributed by atoms with van der Waals surface area (Å²) in [6, 6.07) is 9.75. The first-order chi connectivity index (χ1) is 12.9. The van der Waals surface area contributed by atoms with Gasteiger partial charge in [0.2, 0.25) is 5.95 Å². The predicted molar refractivity (Wildman–Crippen MR) is 95.0 cm³/mol. The van der Waals surface area contributed by atoms with Gasteiger partial charge in [0.05, 0.1) is 5.69 Å². The van der Waals surface area contributed by atoms with Gasteiger partial charge in [-0.05, 0) is 43.2 Å². The third kappa shape index (κ3) is 4.72. The lowest BCUT2D eigenvalue weighted by molar-refractivity contribution is 0.449. The first-order valence-electron chi connectivity index (χ1n) is 8.17. The van der Waals surface area contributed by atoms with Crippen LogP contribution in [0.5, 0.6) is 0 Å². The Bertz CT molecular complexity index is 945. The molecule has 2 N–H and O–H groups in total. The van der Waals surface area contributed by atoms with Crippen molar-refractivity contribution in [1.82, 2.24) is 9.97 Å². The van der Waals surface area contributed by atoms with Crippen molar-refractivity contribution in [2.45, 2.75) is 13.3 Å². The molecular formula is C19H16F4N4. The summed E-state index contributed by atoms with van der Waals surface area (Å²) in [7, 11) is 0. The molecule has 0 atom stereocenters. The van der Waals surface area contributed by atoms with Crippen LogP contribution in [0.4, 0.5) is 35.0 Å². The van der Waals surface area contributed by atoms with Crippen LogP contribution < -0.4 is 10.6 Å². The maximum Gasteiger partial charge on any atom is 0.229 e. The Morgan fingerprint density at radius 3 is 2.37 bits per heavy atom. The largest absolute Gasteiger partial charge is 0.370 e. The van der Waals surface area contributed by atoms with Gasteiger partial charge in [0, 0.05) is 18.3 Å². The van der Waals surface area contributed by atoms with Crippen LogP contribution in [0.15, 0.2) is 42.5 Å². The number of rotatable bonds is 6. The van der Waals surface area contributed by atoms with Crippen molar-refractivity contribution in [3.05, 3.63) is 77.0 Å². The van der Waals surface area contributed by atoms with Crippen molar-refractivity contribution >= 4 is 17.5 Å². The Hall–Kier alpha value is -3.16. The molecule has 0 aliphatic heterocycles. The molecule has 0 amide bonds. The van der Waals surface area contributed by atoms with Gasteiger partial charge in [-0.3, -0.25) is 0 Å². The Kier molecular flexibility index (Phi) is 5.54. The van der Waals surface area contributed by atoms with E-state index in [-0.39, 0.29) is 17.5 Å². The molecule has 0 unspecified atom stereocenters. The molecule has 0 fully saturated rings. The molecular weight excluding hydrogens is 360 g/mol. The van der Waals surface area contributed by atoms with Crippen LogP contribution >= 0.6 is 0 Å². The topological polar surface area (TPSA) is 49.8 Å². The summed E-state index contributed by atoms with van der Waals surface area (Å²) in [5.41, 5.74) is 1.29. The highest BCUT2D eigenvalue weighted by molar-refractivity contribution is 5.56. The third-order valence-electron chi connectivity index (χ3n) is 3.77. The number of hydrogen-bond acceptors (Lipinski definition) is 4. The monoisotopic (exact) mass is 376 g/mol. The molecule has 1 aromatic heterocycles. The van der Waals surface area contributed by atoms with Gasteiger partial charge in [-0.15, -0.1) is 0 Å². The summed E-state index contributed by atoms with van der Waals surface area (Å²) in [4.78, 5) is 8.30. The third-order valence-corrected chi connectivity index (χ3v) is 3.77. The number of aryl methyl sites for hydroxylation is 1. The van der Waals surface area contributed by atoms with E-state index in [1.165, 1.54) is 12.1 Å². The van der Waals surface area contributed by atoms with E-state index in [1.54, 1.807) is 25.1 Å². The van der Waals surface area contributed by atoms with E-state index in [2.05, 4.69) is 20.6 Å². The van der Waals surface area contributed by atoms with Crippen LogP contribution in [-0.2, 0) is 6.42 Å². The minimum absolute atomic E-state index is 0.0455. The zero-order valence-electron chi connectivity index (χ0n) is 14.4. The van der Waals surface area contributed by atoms with E-state index < -0.39 is 17.5 Å². The second-order valence-electron chi connectivity index (χ2n) is 5.87. The van der Waals surface area contributed by atoms with E-state index in [4.69, 9.17) is 0 Å². The molecule has 0 radical (unpaired) electrons. The number of benzene rings is 2. The summed E-state index contributed by atoms with van der Waals surface area (Å²) in [6.45, 7) is 2.25. The number of nitrogens with zero attached hydrogens (tertiary/aromatic N) is 2. The van der Waals surface area contributed by atoms with Crippen molar-refractivity contribution in [2.24, 2.45) is 0 Å². The number of nitrogens with one attached hydrogen (secondary N) is 2. The molecule has 0 bridgehead atoms. The summed E-state index contributed by atoms with van der Waals surface area (Å²) < 4.78 is 53.1. The maximum atomic E-state index is 13.8. The molecule has 0 aliphatic carbocycles. The minimum Gasteiger partial charge on any atom is -0.370 e. The normalized spacial score (nSPS) is 10.7. The Morgan fingerprint density at radius 1 is 0.889 bits per heavy atom. The highest BCUT2D eigenvalue weighted by atomic mass is 19.2. The van der Waals surface area contributed by atoms with Crippen LogP contribution in [0.2, 0.25) is 0 Å².